The van der Waals surface area contributed by atoms with Gasteiger partial charge in [0.15, 0.2) is 0 Å². The van der Waals surface area contributed by atoms with Crippen LogP contribution in [0.4, 0.5) is 13.2 Å². The van der Waals surface area contributed by atoms with Gasteiger partial charge in [-0.15, -0.1) is 0 Å². The van der Waals surface area contributed by atoms with E-state index in [9.17, 15) is 22.8 Å². The number of benzene rings is 1. The summed E-state index contributed by atoms with van der Waals surface area (Å²) in [6.07, 6.45) is -0.840. The molecule has 1 aliphatic carbocycles. The van der Waals surface area contributed by atoms with Gasteiger partial charge in [-0.25, -0.2) is 4.68 Å². The number of rotatable bonds is 4. The third-order valence-electron chi connectivity index (χ3n) is 4.76. The average Bonchev–Trinajstić information content (AvgIpc) is 3.31. The molecule has 1 aromatic carbocycles. The maximum absolute atomic E-state index is 13.1. The zero-order valence-electron chi connectivity index (χ0n) is 14.6. The molecule has 2 aromatic rings. The molecule has 1 aromatic heterocycles. The van der Waals surface area contributed by atoms with E-state index in [4.69, 9.17) is 0 Å². The van der Waals surface area contributed by atoms with Crippen LogP contribution in [-0.4, -0.2) is 34.2 Å². The van der Waals surface area contributed by atoms with Crippen LogP contribution in [-0.2, 0) is 11.0 Å². The largest absolute Gasteiger partial charge is 0.433 e. The van der Waals surface area contributed by atoms with Crippen molar-refractivity contribution in [3.63, 3.8) is 0 Å². The molecule has 1 aliphatic rings. The summed E-state index contributed by atoms with van der Waals surface area (Å²) >= 11 is 0. The van der Waals surface area contributed by atoms with Gasteiger partial charge in [-0.3, -0.25) is 9.59 Å². The van der Waals surface area contributed by atoms with Gasteiger partial charge < -0.3 is 10.6 Å². The van der Waals surface area contributed by atoms with Crippen molar-refractivity contribution < 1.29 is 22.8 Å². The highest BCUT2D eigenvalue weighted by Gasteiger charge is 2.42. The van der Waals surface area contributed by atoms with Crippen LogP contribution < -0.4 is 10.6 Å². The number of amides is 2. The molecule has 3 rings (SSSR count). The van der Waals surface area contributed by atoms with E-state index in [1.54, 1.807) is 0 Å². The highest BCUT2D eigenvalue weighted by atomic mass is 19.4. The Kier molecular flexibility index (Phi) is 4.95. The minimum atomic E-state index is -4.57. The predicted octanol–water partition coefficient (Wildman–Crippen LogP) is 2.68. The van der Waals surface area contributed by atoms with Crippen LogP contribution >= 0.6 is 0 Å². The number of hydrogen-bond acceptors (Lipinski definition) is 3. The Bertz CT molecular complexity index is 854. The number of halogens is 3. The topological polar surface area (TPSA) is 76.0 Å². The molecule has 0 bridgehead atoms. The van der Waals surface area contributed by atoms with Gasteiger partial charge in [0.25, 0.3) is 5.91 Å². The standard InChI is InChI=1S/C18H19F3N4O2/c1-22-16(27)17(8-2-3-9-17)24-15(26)12-5-4-6-13(11-12)25-14(7-10-23-25)18(19,20)21/h4-7,10-11H,2-3,8-9H2,1H3,(H,22,27)(H,24,26). The number of likely N-dealkylation sites (N-methyl/N-ethyl adjacent to an activating group) is 1. The number of alkyl halides is 3. The summed E-state index contributed by atoms with van der Waals surface area (Å²) in [4.78, 5) is 24.9. The van der Waals surface area contributed by atoms with Crippen LogP contribution in [0.3, 0.4) is 0 Å². The molecule has 1 heterocycles. The normalized spacial score (nSPS) is 16.1. The molecule has 0 atom stereocenters. The molecule has 0 saturated heterocycles. The lowest BCUT2D eigenvalue weighted by molar-refractivity contribution is -0.142. The molecule has 27 heavy (non-hydrogen) atoms. The summed E-state index contributed by atoms with van der Waals surface area (Å²) in [7, 11) is 1.51. The first-order valence-corrected chi connectivity index (χ1v) is 8.53. The number of carbonyl (C=O) groups excluding carboxylic acids is 2. The van der Waals surface area contributed by atoms with Crippen LogP contribution in [0.2, 0.25) is 0 Å². The molecule has 2 N–H and O–H groups in total. The molecule has 144 valence electrons. The first kappa shape index (κ1) is 18.9. The van der Waals surface area contributed by atoms with E-state index in [1.165, 1.54) is 31.3 Å². The highest BCUT2D eigenvalue weighted by molar-refractivity contribution is 5.99. The van der Waals surface area contributed by atoms with Gasteiger partial charge in [0.2, 0.25) is 5.91 Å². The van der Waals surface area contributed by atoms with Gasteiger partial charge in [-0.2, -0.15) is 18.3 Å². The van der Waals surface area contributed by atoms with Gasteiger partial charge in [0, 0.05) is 12.6 Å². The van der Waals surface area contributed by atoms with Crippen LogP contribution in [0.1, 0.15) is 41.7 Å². The average molecular weight is 380 g/mol. The van der Waals surface area contributed by atoms with Crippen LogP contribution in [0, 0.1) is 0 Å². The van der Waals surface area contributed by atoms with E-state index in [1.807, 2.05) is 0 Å². The lowest BCUT2D eigenvalue weighted by Gasteiger charge is -2.28. The molecule has 0 unspecified atom stereocenters. The van der Waals surface area contributed by atoms with Crippen molar-refractivity contribution in [1.82, 2.24) is 20.4 Å². The van der Waals surface area contributed by atoms with Gasteiger partial charge >= 0.3 is 6.18 Å². The molecule has 6 nitrogen and oxygen atoms in total. The Balaban J connectivity index is 1.89. The quantitative estimate of drug-likeness (QED) is 0.856. The Morgan fingerprint density at radius 2 is 1.89 bits per heavy atom. The Hall–Kier alpha value is -2.84. The second kappa shape index (κ2) is 7.05. The van der Waals surface area contributed by atoms with Crippen molar-refractivity contribution in [1.29, 1.82) is 0 Å². The van der Waals surface area contributed by atoms with Gasteiger partial charge in [0.05, 0.1) is 11.9 Å². The maximum atomic E-state index is 13.1. The summed E-state index contributed by atoms with van der Waals surface area (Å²) in [5.74, 6) is -0.779. The third kappa shape index (κ3) is 3.67. The lowest BCUT2D eigenvalue weighted by atomic mass is 9.95. The van der Waals surface area contributed by atoms with Gasteiger partial charge in [-0.05, 0) is 37.1 Å². The van der Waals surface area contributed by atoms with Crippen molar-refractivity contribution >= 4 is 11.8 Å². The Morgan fingerprint density at radius 3 is 2.52 bits per heavy atom. The van der Waals surface area contributed by atoms with E-state index in [2.05, 4.69) is 15.7 Å². The molecular weight excluding hydrogens is 361 g/mol. The van der Waals surface area contributed by atoms with E-state index in [-0.39, 0.29) is 17.2 Å². The smallest absolute Gasteiger partial charge is 0.357 e. The monoisotopic (exact) mass is 380 g/mol. The number of nitrogens with one attached hydrogen (secondary N) is 2. The van der Waals surface area contributed by atoms with Crippen molar-refractivity contribution in [3.05, 3.63) is 47.8 Å². The molecule has 1 fully saturated rings. The second-order valence-electron chi connectivity index (χ2n) is 6.50. The molecule has 1 saturated carbocycles. The summed E-state index contributed by atoms with van der Waals surface area (Å²) in [6, 6.07) is 6.59. The maximum Gasteiger partial charge on any atom is 0.433 e. The van der Waals surface area contributed by atoms with Crippen molar-refractivity contribution in [2.24, 2.45) is 0 Å². The predicted molar refractivity (Wildman–Crippen MR) is 91.3 cm³/mol. The SMILES string of the molecule is CNC(=O)C1(NC(=O)c2cccc(-n3nccc3C(F)(F)F)c2)CCCC1. The molecule has 0 spiro atoms. The number of aromatic nitrogens is 2. The van der Waals surface area contributed by atoms with E-state index < -0.39 is 23.3 Å². The molecule has 9 heteroatoms. The molecule has 0 aliphatic heterocycles. The number of hydrogen-bond donors (Lipinski definition) is 2. The van der Waals surface area contributed by atoms with Crippen molar-refractivity contribution in [2.75, 3.05) is 7.05 Å². The van der Waals surface area contributed by atoms with Gasteiger partial charge in [-0.1, -0.05) is 18.9 Å². The number of nitrogens with zero attached hydrogens (tertiary/aromatic N) is 2. The van der Waals surface area contributed by atoms with Crippen LogP contribution in [0.5, 0.6) is 0 Å². The van der Waals surface area contributed by atoms with Crippen LogP contribution in [0.15, 0.2) is 36.5 Å². The summed E-state index contributed by atoms with van der Waals surface area (Å²) in [5, 5.41) is 9.06. The Labute approximate surface area is 153 Å². The van der Waals surface area contributed by atoms with E-state index in [0.717, 1.165) is 29.8 Å². The second-order valence-corrected chi connectivity index (χ2v) is 6.50. The zero-order valence-corrected chi connectivity index (χ0v) is 14.6. The fraction of sp³-hybridized carbons (Fsp3) is 0.389. The third-order valence-corrected chi connectivity index (χ3v) is 4.76. The first-order valence-electron chi connectivity index (χ1n) is 8.53. The number of carbonyl (C=O) groups is 2. The molecular formula is C18H19F3N4O2. The van der Waals surface area contributed by atoms with Crippen molar-refractivity contribution in [2.45, 2.75) is 37.4 Å². The van der Waals surface area contributed by atoms with Gasteiger partial charge in [0.1, 0.15) is 11.2 Å². The van der Waals surface area contributed by atoms with E-state index in [0.29, 0.717) is 12.8 Å². The van der Waals surface area contributed by atoms with Crippen molar-refractivity contribution in [3.8, 4) is 5.69 Å². The molecule has 0 radical (unpaired) electrons. The van der Waals surface area contributed by atoms with Crippen LogP contribution in [0.25, 0.3) is 5.69 Å². The minimum absolute atomic E-state index is 0.111. The first-order chi connectivity index (χ1) is 12.8. The van der Waals surface area contributed by atoms with E-state index >= 15 is 0 Å². The molecule has 2 amide bonds. The Morgan fingerprint density at radius 1 is 1.19 bits per heavy atom. The fourth-order valence-electron chi connectivity index (χ4n) is 3.42. The minimum Gasteiger partial charge on any atom is -0.357 e. The summed E-state index contributed by atoms with van der Waals surface area (Å²) in [5.41, 5.74) is -1.64. The summed E-state index contributed by atoms with van der Waals surface area (Å²) < 4.78 is 40.0. The lowest BCUT2D eigenvalue weighted by Crippen LogP contribution is -2.56. The highest BCUT2D eigenvalue weighted by Crippen LogP contribution is 2.32. The fourth-order valence-corrected chi connectivity index (χ4v) is 3.42. The summed E-state index contributed by atoms with van der Waals surface area (Å²) in [6.45, 7) is 0. The zero-order chi connectivity index (χ0) is 19.7.